The number of nitrogens with zero attached hydrogens (tertiary/aromatic N) is 2. The molecule has 0 bridgehead atoms. The van der Waals surface area contributed by atoms with Crippen molar-refractivity contribution in [1.29, 1.82) is 5.26 Å². The largest absolute Gasteiger partial charge is 0.289 e. The first-order valence-electron chi connectivity index (χ1n) is 5.09. The van der Waals surface area contributed by atoms with Gasteiger partial charge in [-0.15, -0.1) is 34.9 Å². The lowest BCUT2D eigenvalue weighted by Gasteiger charge is -2.07. The first-order valence-corrected chi connectivity index (χ1v) is 8.35. The second kappa shape index (κ2) is 5.31. The number of hydrogen-bond acceptors (Lipinski definition) is 6. The third-order valence-corrected chi connectivity index (χ3v) is 5.39. The third kappa shape index (κ3) is 2.14. The Hall–Kier alpha value is -1.03. The monoisotopic (exact) mass is 294 g/mol. The molecule has 0 spiro atoms. The first-order chi connectivity index (χ1) is 8.62. The summed E-state index contributed by atoms with van der Waals surface area (Å²) in [6, 6.07) is 3.79. The summed E-state index contributed by atoms with van der Waals surface area (Å²) < 4.78 is 1.67. The number of pyridine rings is 1. The van der Waals surface area contributed by atoms with Crippen LogP contribution in [0.15, 0.2) is 20.1 Å². The first kappa shape index (κ1) is 13.4. The fraction of sp³-hybridized carbons (Fsp3) is 0.250. The number of aromatic nitrogens is 1. The molecule has 2 aromatic heterocycles. The summed E-state index contributed by atoms with van der Waals surface area (Å²) in [6.45, 7) is 1.82. The summed E-state index contributed by atoms with van der Waals surface area (Å²) in [5.74, 6) is 0. The van der Waals surface area contributed by atoms with E-state index >= 15 is 0 Å². The smallest absolute Gasteiger partial charge is 0.191 e. The van der Waals surface area contributed by atoms with Crippen LogP contribution in [0.1, 0.15) is 11.3 Å². The topological polar surface area (TPSA) is 53.8 Å². The van der Waals surface area contributed by atoms with Gasteiger partial charge in [-0.1, -0.05) is 0 Å². The van der Waals surface area contributed by atoms with Gasteiger partial charge in [0.1, 0.15) is 16.7 Å². The molecule has 3 nitrogen and oxygen atoms in total. The Bertz CT molecular complexity index is 716. The zero-order chi connectivity index (χ0) is 13.3. The van der Waals surface area contributed by atoms with E-state index in [1.165, 1.54) is 34.9 Å². The second-order valence-corrected chi connectivity index (χ2v) is 6.48. The Morgan fingerprint density at radius 1 is 1.39 bits per heavy atom. The summed E-state index contributed by atoms with van der Waals surface area (Å²) in [5, 5.41) is 10.6. The van der Waals surface area contributed by atoms with Crippen molar-refractivity contribution in [3.63, 3.8) is 0 Å². The van der Waals surface area contributed by atoms with Crippen molar-refractivity contribution in [3.8, 4) is 6.07 Å². The molecule has 18 heavy (non-hydrogen) atoms. The molecule has 0 aromatic carbocycles. The van der Waals surface area contributed by atoms with Gasteiger partial charge < -0.3 is 0 Å². The van der Waals surface area contributed by atoms with E-state index in [0.29, 0.717) is 21.7 Å². The Balaban J connectivity index is 3.02. The fourth-order valence-corrected chi connectivity index (χ4v) is 4.11. The Morgan fingerprint density at radius 2 is 2.11 bits per heavy atom. The van der Waals surface area contributed by atoms with Crippen LogP contribution in [0.5, 0.6) is 0 Å². The zero-order valence-electron chi connectivity index (χ0n) is 10.1. The molecule has 0 saturated carbocycles. The number of hydrogen-bond donors (Lipinski definition) is 0. The van der Waals surface area contributed by atoms with Gasteiger partial charge in [0.15, 0.2) is 5.43 Å². The van der Waals surface area contributed by atoms with Crippen LogP contribution in [0, 0.1) is 18.3 Å². The molecule has 0 saturated heterocycles. The molecule has 0 atom stereocenters. The summed E-state index contributed by atoms with van der Waals surface area (Å²) in [5.41, 5.74) is 1.16. The molecular weight excluding hydrogens is 284 g/mol. The number of aryl methyl sites for hydroxylation is 1. The summed E-state index contributed by atoms with van der Waals surface area (Å²) in [6.07, 6.45) is 3.81. The lowest BCUT2D eigenvalue weighted by atomic mass is 10.2. The van der Waals surface area contributed by atoms with Crippen LogP contribution in [0.3, 0.4) is 0 Å². The van der Waals surface area contributed by atoms with E-state index in [2.05, 4.69) is 11.1 Å². The van der Waals surface area contributed by atoms with Crippen molar-refractivity contribution in [3.05, 3.63) is 27.5 Å². The van der Waals surface area contributed by atoms with Gasteiger partial charge in [0.05, 0.1) is 20.0 Å². The zero-order valence-corrected chi connectivity index (χ0v) is 12.6. The standard InChI is InChI=1S/C12H10N2OS3/c1-6-10-8(15)4-9(16-2)18-11(10)7(5-13)12(14-6)17-3/h4H,1-3H3. The van der Waals surface area contributed by atoms with Crippen LogP contribution < -0.4 is 5.43 Å². The minimum atomic E-state index is -0.0535. The van der Waals surface area contributed by atoms with E-state index in [-0.39, 0.29) is 5.43 Å². The Labute approximate surface area is 117 Å². The SMILES string of the molecule is CSc1cc(=O)c2c(C)nc(SC)c(C#N)c2s1. The lowest BCUT2D eigenvalue weighted by Crippen LogP contribution is -2.04. The van der Waals surface area contributed by atoms with Crippen LogP contribution in [-0.4, -0.2) is 17.5 Å². The van der Waals surface area contributed by atoms with E-state index < -0.39 is 0 Å². The van der Waals surface area contributed by atoms with Crippen molar-refractivity contribution in [2.24, 2.45) is 0 Å². The maximum Gasteiger partial charge on any atom is 0.191 e. The molecule has 0 amide bonds. The Kier molecular flexibility index (Phi) is 3.95. The highest BCUT2D eigenvalue weighted by atomic mass is 32.2. The predicted molar refractivity (Wildman–Crippen MR) is 78.9 cm³/mol. The number of fused-ring (bicyclic) bond motifs is 1. The van der Waals surface area contributed by atoms with Crippen LogP contribution in [0.25, 0.3) is 10.1 Å². The maximum atomic E-state index is 12.1. The van der Waals surface area contributed by atoms with Gasteiger partial charge in [-0.3, -0.25) is 4.79 Å². The van der Waals surface area contributed by atoms with Crippen LogP contribution in [-0.2, 0) is 0 Å². The molecule has 0 aliphatic carbocycles. The molecule has 0 aliphatic heterocycles. The second-order valence-electron chi connectivity index (χ2n) is 3.53. The van der Waals surface area contributed by atoms with Crippen LogP contribution in [0.4, 0.5) is 0 Å². The molecule has 0 fully saturated rings. The molecule has 0 N–H and O–H groups in total. The minimum absolute atomic E-state index is 0.0535. The van der Waals surface area contributed by atoms with E-state index in [1.807, 2.05) is 19.4 Å². The number of rotatable bonds is 2. The van der Waals surface area contributed by atoms with Gasteiger partial charge in [-0.25, -0.2) is 4.98 Å². The molecule has 0 aliphatic rings. The highest BCUT2D eigenvalue weighted by Gasteiger charge is 2.15. The number of nitriles is 1. The predicted octanol–water partition coefficient (Wildman–Crippen LogP) is 3.28. The van der Waals surface area contributed by atoms with Crippen LogP contribution >= 0.6 is 34.9 Å². The molecular formula is C12H10N2OS3. The van der Waals surface area contributed by atoms with Gasteiger partial charge in [-0.05, 0) is 19.4 Å². The molecule has 2 heterocycles. The van der Waals surface area contributed by atoms with Gasteiger partial charge >= 0.3 is 0 Å². The quantitative estimate of drug-likeness (QED) is 0.796. The molecule has 2 rings (SSSR count). The van der Waals surface area contributed by atoms with E-state index in [1.54, 1.807) is 6.07 Å². The minimum Gasteiger partial charge on any atom is -0.289 e. The molecule has 6 heteroatoms. The molecule has 0 radical (unpaired) electrons. The lowest BCUT2D eigenvalue weighted by molar-refractivity contribution is 1.08. The fourth-order valence-electron chi connectivity index (χ4n) is 1.70. The van der Waals surface area contributed by atoms with E-state index in [4.69, 9.17) is 0 Å². The normalized spacial score (nSPS) is 10.6. The molecule has 0 unspecified atom stereocenters. The highest BCUT2D eigenvalue weighted by Crippen LogP contribution is 2.32. The summed E-state index contributed by atoms with van der Waals surface area (Å²) >= 11 is 4.43. The number of thioether (sulfide) groups is 2. The van der Waals surface area contributed by atoms with E-state index in [0.717, 1.165) is 8.91 Å². The summed E-state index contributed by atoms with van der Waals surface area (Å²) in [7, 11) is 0. The van der Waals surface area contributed by atoms with Crippen molar-refractivity contribution in [1.82, 2.24) is 4.98 Å². The highest BCUT2D eigenvalue weighted by molar-refractivity contribution is 8.00. The van der Waals surface area contributed by atoms with Gasteiger partial charge in [-0.2, -0.15) is 5.26 Å². The van der Waals surface area contributed by atoms with E-state index in [9.17, 15) is 10.1 Å². The average Bonchev–Trinajstić information content (AvgIpc) is 2.37. The Morgan fingerprint density at radius 3 is 2.67 bits per heavy atom. The molecule has 92 valence electrons. The van der Waals surface area contributed by atoms with Crippen molar-refractivity contribution >= 4 is 44.9 Å². The third-order valence-electron chi connectivity index (χ3n) is 2.50. The van der Waals surface area contributed by atoms with Gasteiger partial charge in [0, 0.05) is 6.07 Å². The van der Waals surface area contributed by atoms with Crippen molar-refractivity contribution in [2.75, 3.05) is 12.5 Å². The maximum absolute atomic E-state index is 12.1. The summed E-state index contributed by atoms with van der Waals surface area (Å²) in [4.78, 5) is 16.4. The van der Waals surface area contributed by atoms with Crippen molar-refractivity contribution in [2.45, 2.75) is 16.2 Å². The molecule has 2 aromatic rings. The van der Waals surface area contributed by atoms with Gasteiger partial charge in [0.25, 0.3) is 0 Å². The average molecular weight is 294 g/mol. The van der Waals surface area contributed by atoms with Crippen LogP contribution in [0.2, 0.25) is 0 Å². The van der Waals surface area contributed by atoms with Gasteiger partial charge in [0.2, 0.25) is 0 Å². The van der Waals surface area contributed by atoms with Crippen molar-refractivity contribution < 1.29 is 0 Å².